The molecule has 0 aromatic carbocycles. The summed E-state index contributed by atoms with van der Waals surface area (Å²) >= 11 is 1.66. The van der Waals surface area contributed by atoms with E-state index in [-0.39, 0.29) is 50.7 Å². The molecular weight excluding hydrogens is 669 g/mol. The molecule has 7 rings (SSSR count). The average molecular weight is 735 g/mol. The van der Waals surface area contributed by atoms with Crippen molar-refractivity contribution < 1.29 is 19.4 Å². The summed E-state index contributed by atoms with van der Waals surface area (Å²) in [4.78, 5) is 18.4. The van der Waals surface area contributed by atoms with Gasteiger partial charge < -0.3 is 19.9 Å². The average Bonchev–Trinajstić information content (AvgIpc) is 3.80. The fraction of sp³-hybridized carbons (Fsp3) is 0.791. The van der Waals surface area contributed by atoms with Crippen LogP contribution in [0, 0.1) is 62.6 Å². The van der Waals surface area contributed by atoms with Gasteiger partial charge in [0.15, 0.2) is 0 Å². The van der Waals surface area contributed by atoms with Gasteiger partial charge in [-0.1, -0.05) is 74.0 Å². The molecule has 3 heterocycles. The van der Waals surface area contributed by atoms with Crippen LogP contribution in [0.1, 0.15) is 114 Å². The van der Waals surface area contributed by atoms with Crippen molar-refractivity contribution in [1.29, 1.82) is 0 Å². The Hall–Kier alpha value is -2.07. The number of carboxylic acid groups (broad SMARTS) is 1. The molecule has 0 spiro atoms. The molecule has 52 heavy (non-hydrogen) atoms. The van der Waals surface area contributed by atoms with Crippen molar-refractivity contribution in [2.45, 2.75) is 125 Å². The van der Waals surface area contributed by atoms with E-state index in [1.54, 1.807) is 11.3 Å². The number of aliphatic carboxylic acids is 1. The maximum absolute atomic E-state index is 13.6. The molecule has 2 N–H and O–H groups in total. The number of nitrogens with zero attached hydrogens (tertiary/aromatic N) is 3. The molecule has 1 saturated heterocycles. The second kappa shape index (κ2) is 13.0. The van der Waals surface area contributed by atoms with Crippen LogP contribution < -0.4 is 5.32 Å². The maximum atomic E-state index is 13.6. The van der Waals surface area contributed by atoms with Crippen LogP contribution in [0.2, 0.25) is 0 Å². The smallest absolute Gasteiger partial charge is 0.307 e. The fourth-order valence-electron chi connectivity index (χ4n) is 13.0. The van der Waals surface area contributed by atoms with E-state index in [1.165, 1.54) is 5.57 Å². The molecular formula is C43H66N4O4S. The van der Waals surface area contributed by atoms with Crippen LogP contribution in [0.3, 0.4) is 0 Å². The van der Waals surface area contributed by atoms with E-state index < -0.39 is 11.9 Å². The lowest BCUT2D eigenvalue weighted by Crippen LogP contribution is -2.70. The van der Waals surface area contributed by atoms with Crippen LogP contribution >= 0.6 is 11.3 Å². The predicted molar refractivity (Wildman–Crippen MR) is 208 cm³/mol. The van der Waals surface area contributed by atoms with E-state index in [0.29, 0.717) is 36.9 Å². The number of rotatable bonds is 10. The van der Waals surface area contributed by atoms with Crippen molar-refractivity contribution in [2.75, 3.05) is 26.9 Å². The van der Waals surface area contributed by atoms with E-state index >= 15 is 0 Å². The largest absolute Gasteiger partial charge is 0.481 e. The molecule has 2 aromatic heterocycles. The van der Waals surface area contributed by atoms with Gasteiger partial charge >= 0.3 is 5.97 Å². The zero-order chi connectivity index (χ0) is 37.6. The Morgan fingerprint density at radius 1 is 1.12 bits per heavy atom. The highest BCUT2D eigenvalue weighted by molar-refractivity contribution is 7.13. The van der Waals surface area contributed by atoms with Gasteiger partial charge in [0.25, 0.3) is 0 Å². The number of hydrogen-bond acceptors (Lipinski definition) is 7. The highest BCUT2D eigenvalue weighted by Gasteiger charge is 2.72. The molecule has 288 valence electrons. The molecule has 0 amide bonds. The Morgan fingerprint density at radius 2 is 1.87 bits per heavy atom. The number of likely N-dealkylation sites (N-methyl/N-ethyl adjacent to an activating group) is 1. The van der Waals surface area contributed by atoms with E-state index in [4.69, 9.17) is 19.6 Å². The molecule has 5 aliphatic rings. The summed E-state index contributed by atoms with van der Waals surface area (Å²) in [7, 11) is 2.05. The van der Waals surface area contributed by atoms with Crippen LogP contribution in [0.4, 0.5) is 0 Å². The van der Waals surface area contributed by atoms with Crippen molar-refractivity contribution in [2.24, 2.45) is 62.6 Å². The molecule has 4 fully saturated rings. The van der Waals surface area contributed by atoms with E-state index in [9.17, 15) is 9.90 Å². The van der Waals surface area contributed by atoms with Crippen LogP contribution in [-0.2, 0) is 14.3 Å². The minimum Gasteiger partial charge on any atom is -0.481 e. The van der Waals surface area contributed by atoms with Gasteiger partial charge in [-0.2, -0.15) is 5.10 Å². The van der Waals surface area contributed by atoms with Crippen molar-refractivity contribution in [1.82, 2.24) is 20.1 Å². The van der Waals surface area contributed by atoms with Gasteiger partial charge in [-0.25, -0.2) is 4.98 Å². The minimum absolute atomic E-state index is 0.0126. The van der Waals surface area contributed by atoms with Crippen LogP contribution in [0.25, 0.3) is 10.7 Å². The Morgan fingerprint density at radius 3 is 2.50 bits per heavy atom. The summed E-state index contributed by atoms with van der Waals surface area (Å²) in [5, 5.41) is 22.9. The van der Waals surface area contributed by atoms with E-state index in [2.05, 4.69) is 98.4 Å². The summed E-state index contributed by atoms with van der Waals surface area (Å²) < 4.78 is 16.6. The highest BCUT2D eigenvalue weighted by atomic mass is 32.1. The summed E-state index contributed by atoms with van der Waals surface area (Å²) in [6, 6.07) is 2.10. The molecule has 12 atom stereocenters. The maximum Gasteiger partial charge on any atom is 0.307 e. The molecule has 2 bridgehead atoms. The molecule has 0 radical (unpaired) electrons. The zero-order valence-corrected chi connectivity index (χ0v) is 34.6. The van der Waals surface area contributed by atoms with Crippen LogP contribution in [0.5, 0.6) is 0 Å². The second-order valence-corrected chi connectivity index (χ2v) is 20.6. The lowest BCUT2D eigenvalue weighted by molar-refractivity contribution is -0.254. The first-order valence-electron chi connectivity index (χ1n) is 20.2. The topological polar surface area (TPSA) is 98.5 Å². The first kappa shape index (κ1) is 38.2. The number of thiazole rings is 1. The number of aromatic nitrogens is 3. The van der Waals surface area contributed by atoms with Gasteiger partial charge in [-0.15, -0.1) is 11.3 Å². The monoisotopic (exact) mass is 734 g/mol. The Bertz CT molecular complexity index is 1670. The van der Waals surface area contributed by atoms with Crippen molar-refractivity contribution in [3.63, 3.8) is 0 Å². The third-order valence-corrected chi connectivity index (χ3v) is 17.9. The predicted octanol–water partition coefficient (Wildman–Crippen LogP) is 9.16. The lowest BCUT2D eigenvalue weighted by Gasteiger charge is -2.71. The first-order valence-corrected chi connectivity index (χ1v) is 21.1. The Kier molecular flexibility index (Phi) is 9.57. The standard InChI is InChI=1S/C43H66N4O4S/c1-26(2)28(5)39(7)17-18-40(8)29-12-13-33-38(6)22-32(47-31(15-19-46-47)36-45-20-21-52-36)35(51-24-42(10,44-11)27(3)4)43(33,25-50-23-38)30(29)14-16-41(40,9)34(39)37(48)49/h14-15,19-21,26-29,32-35,44H,12-13,16-18,22-25H2,1-11H3,(H,48,49)/t28-,29+,32-,33-,34-,35+,38-,39-,40-,41+,42+,43+/m1/s1. The molecule has 9 heteroatoms. The van der Waals surface area contributed by atoms with E-state index in [1.807, 2.05) is 17.8 Å². The molecule has 0 unspecified atom stereocenters. The third-order valence-electron chi connectivity index (χ3n) is 17.1. The number of hydrogen-bond donors (Lipinski definition) is 2. The quantitative estimate of drug-likeness (QED) is 0.235. The molecule has 8 nitrogen and oxygen atoms in total. The number of fused-ring (bicyclic) bond motifs is 3. The number of allylic oxidation sites excluding steroid dienone is 1. The minimum atomic E-state index is -0.618. The normalized spacial score (nSPS) is 41.8. The second-order valence-electron chi connectivity index (χ2n) is 19.7. The van der Waals surface area contributed by atoms with Crippen LogP contribution in [0.15, 0.2) is 35.5 Å². The number of nitrogens with one attached hydrogen (secondary N) is 1. The first-order chi connectivity index (χ1) is 24.4. The molecule has 1 aliphatic heterocycles. The van der Waals surface area contributed by atoms with Gasteiger partial charge in [0, 0.05) is 28.7 Å². The number of carbonyl (C=O) groups is 1. The molecule has 2 aromatic rings. The van der Waals surface area contributed by atoms with E-state index in [0.717, 1.165) is 55.8 Å². The van der Waals surface area contributed by atoms with Crippen molar-refractivity contribution in [3.8, 4) is 10.7 Å². The van der Waals surface area contributed by atoms with Gasteiger partial charge in [0.2, 0.25) is 0 Å². The Balaban J connectivity index is 1.40. The number of carboxylic acids is 1. The lowest BCUT2D eigenvalue weighted by atomic mass is 9.34. The third kappa shape index (κ3) is 5.24. The molecule has 3 saturated carbocycles. The van der Waals surface area contributed by atoms with Crippen LogP contribution in [-0.4, -0.2) is 64.4 Å². The van der Waals surface area contributed by atoms with Gasteiger partial charge in [-0.3, -0.25) is 9.48 Å². The Labute approximate surface area is 316 Å². The van der Waals surface area contributed by atoms with Crippen molar-refractivity contribution >= 4 is 17.3 Å². The van der Waals surface area contributed by atoms with Crippen molar-refractivity contribution in [3.05, 3.63) is 35.5 Å². The number of ether oxygens (including phenoxy) is 2. The molecule has 4 aliphatic carbocycles. The summed E-state index contributed by atoms with van der Waals surface area (Å²) in [5.74, 6) is 0.710. The van der Waals surface area contributed by atoms with Gasteiger partial charge in [0.1, 0.15) is 5.01 Å². The zero-order valence-electron chi connectivity index (χ0n) is 33.8. The van der Waals surface area contributed by atoms with Gasteiger partial charge in [-0.05, 0) is 110 Å². The SMILES string of the molecule is CN[C@@](C)(CO[C@H]1[C@H](n2nccc2-c2nccs2)C[C@]2(C)COC[C@@]13C1=CC[C@@]4(C)[C@H](C(=O)O)[C@@](C)([C@H](C)C(C)C)CC[C@]4(C)[C@H]1CC[C@H]23)C(C)C. The summed E-state index contributed by atoms with van der Waals surface area (Å²) in [6.45, 7) is 25.2. The summed E-state index contributed by atoms with van der Waals surface area (Å²) in [6.07, 6.45) is 12.0. The van der Waals surface area contributed by atoms with Gasteiger partial charge in [0.05, 0.1) is 43.6 Å². The summed E-state index contributed by atoms with van der Waals surface area (Å²) in [5.41, 5.74) is 1.08. The highest BCUT2D eigenvalue weighted by Crippen LogP contribution is 2.75. The fourth-order valence-corrected chi connectivity index (χ4v) is 13.6.